The van der Waals surface area contributed by atoms with Crippen LogP contribution in [0.4, 0.5) is 0 Å². The first-order valence-corrected chi connectivity index (χ1v) is 4.74. The van der Waals surface area contributed by atoms with E-state index in [1.807, 2.05) is 0 Å². The first kappa shape index (κ1) is 9.15. The van der Waals surface area contributed by atoms with Gasteiger partial charge in [-0.05, 0) is 13.8 Å². The highest BCUT2D eigenvalue weighted by Crippen LogP contribution is 2.42. The fourth-order valence-electron chi connectivity index (χ4n) is 0.404. The van der Waals surface area contributed by atoms with Gasteiger partial charge in [0, 0.05) is 6.16 Å². The van der Waals surface area contributed by atoms with Crippen molar-refractivity contribution in [2.24, 2.45) is 0 Å². The molecule has 0 radical (unpaired) electrons. The molecule has 0 rings (SSSR count). The zero-order valence-corrected chi connectivity index (χ0v) is 6.89. The highest BCUT2D eigenvalue weighted by Gasteiger charge is 2.16. The summed E-state index contributed by atoms with van der Waals surface area (Å²) in [4.78, 5) is 8.83. The minimum Gasteiger partial charge on any atom is -0.324 e. The molecule has 0 saturated heterocycles. The predicted molar refractivity (Wildman–Crippen MR) is 36.6 cm³/mol. The molecule has 0 amide bonds. The Labute approximate surface area is 55.6 Å². The van der Waals surface area contributed by atoms with Crippen LogP contribution in [0.1, 0.15) is 20.8 Å². The van der Waals surface area contributed by atoms with Gasteiger partial charge in [0.25, 0.3) is 0 Å². The molecule has 4 heteroatoms. The van der Waals surface area contributed by atoms with E-state index in [0.717, 1.165) is 0 Å². The molecule has 9 heavy (non-hydrogen) atoms. The lowest BCUT2D eigenvalue weighted by Crippen LogP contribution is -2.00. The maximum atomic E-state index is 10.7. The fraction of sp³-hybridized carbons (Fsp3) is 1.00. The molecule has 0 aromatic carbocycles. The monoisotopic (exact) mass is 152 g/mol. The van der Waals surface area contributed by atoms with Crippen molar-refractivity contribution in [2.45, 2.75) is 26.9 Å². The Morgan fingerprint density at radius 1 is 1.67 bits per heavy atom. The molecule has 1 unspecified atom stereocenters. The van der Waals surface area contributed by atoms with Crippen LogP contribution in [0.3, 0.4) is 0 Å². The molecule has 0 aliphatic heterocycles. The average Bonchev–Trinajstić information content (AvgIpc) is 1.63. The van der Waals surface area contributed by atoms with Gasteiger partial charge in [-0.3, -0.25) is 4.57 Å². The SMILES string of the molecule is CCP(=O)(O)OC(C)C. The van der Waals surface area contributed by atoms with Crippen LogP contribution in [0.5, 0.6) is 0 Å². The zero-order valence-electron chi connectivity index (χ0n) is 6.00. The van der Waals surface area contributed by atoms with Gasteiger partial charge in [-0.15, -0.1) is 0 Å². The second-order valence-corrected chi connectivity index (χ2v) is 4.23. The smallest absolute Gasteiger partial charge is 0.324 e. The van der Waals surface area contributed by atoms with Gasteiger partial charge in [0.2, 0.25) is 0 Å². The summed E-state index contributed by atoms with van der Waals surface area (Å²) in [6.45, 7) is 5.10. The summed E-state index contributed by atoms with van der Waals surface area (Å²) in [5, 5.41) is 0. The van der Waals surface area contributed by atoms with Gasteiger partial charge in [-0.2, -0.15) is 0 Å². The van der Waals surface area contributed by atoms with Gasteiger partial charge in [-0.25, -0.2) is 0 Å². The minimum absolute atomic E-state index is 0.166. The van der Waals surface area contributed by atoms with E-state index in [4.69, 9.17) is 9.42 Å². The number of hydrogen-bond donors (Lipinski definition) is 1. The standard InChI is InChI=1S/C5H13O3P/c1-4-9(6,7)8-5(2)3/h5H,4H2,1-3H3,(H,6,7). The number of hydrogen-bond acceptors (Lipinski definition) is 2. The van der Waals surface area contributed by atoms with E-state index >= 15 is 0 Å². The van der Waals surface area contributed by atoms with Crippen molar-refractivity contribution in [3.05, 3.63) is 0 Å². The van der Waals surface area contributed by atoms with Gasteiger partial charge in [0.05, 0.1) is 6.10 Å². The van der Waals surface area contributed by atoms with Crippen molar-refractivity contribution in [1.82, 2.24) is 0 Å². The van der Waals surface area contributed by atoms with Crippen LogP contribution in [0.2, 0.25) is 0 Å². The summed E-state index contributed by atoms with van der Waals surface area (Å²) in [5.74, 6) is 0. The Balaban J connectivity index is 3.73. The molecule has 0 fully saturated rings. The number of rotatable bonds is 3. The lowest BCUT2D eigenvalue weighted by molar-refractivity contribution is 0.205. The van der Waals surface area contributed by atoms with Crippen LogP contribution in [-0.4, -0.2) is 17.2 Å². The Morgan fingerprint density at radius 3 is 2.22 bits per heavy atom. The Kier molecular flexibility index (Phi) is 3.41. The van der Waals surface area contributed by atoms with Gasteiger partial charge >= 0.3 is 7.60 Å². The van der Waals surface area contributed by atoms with E-state index in [9.17, 15) is 4.57 Å². The maximum absolute atomic E-state index is 10.7. The van der Waals surface area contributed by atoms with Gasteiger partial charge in [0.15, 0.2) is 0 Å². The summed E-state index contributed by atoms with van der Waals surface area (Å²) in [5.41, 5.74) is 0. The first-order valence-electron chi connectivity index (χ1n) is 2.98. The van der Waals surface area contributed by atoms with E-state index in [0.29, 0.717) is 0 Å². The topological polar surface area (TPSA) is 46.5 Å². The summed E-state index contributed by atoms with van der Waals surface area (Å²) >= 11 is 0. The van der Waals surface area contributed by atoms with Crippen LogP contribution >= 0.6 is 7.60 Å². The Hall–Kier alpha value is 0.150. The molecular formula is C5H13O3P. The van der Waals surface area contributed by atoms with Crippen LogP contribution in [0.25, 0.3) is 0 Å². The molecule has 0 saturated carbocycles. The molecule has 0 heterocycles. The summed E-state index contributed by atoms with van der Waals surface area (Å²) in [6, 6.07) is 0. The fourth-order valence-corrected chi connectivity index (χ4v) is 1.21. The zero-order chi connectivity index (χ0) is 7.49. The lowest BCUT2D eigenvalue weighted by Gasteiger charge is -2.11. The lowest BCUT2D eigenvalue weighted by atomic mass is 10.5. The molecule has 56 valence electrons. The van der Waals surface area contributed by atoms with Crippen molar-refractivity contribution in [3.63, 3.8) is 0 Å². The maximum Gasteiger partial charge on any atom is 0.328 e. The predicted octanol–water partition coefficient (Wildman–Crippen LogP) is 1.62. The van der Waals surface area contributed by atoms with Crippen molar-refractivity contribution >= 4 is 7.60 Å². The van der Waals surface area contributed by atoms with Crippen molar-refractivity contribution in [2.75, 3.05) is 6.16 Å². The van der Waals surface area contributed by atoms with Crippen molar-refractivity contribution < 1.29 is 14.0 Å². The van der Waals surface area contributed by atoms with E-state index in [-0.39, 0.29) is 12.3 Å². The quantitative estimate of drug-likeness (QED) is 0.625. The molecule has 0 aromatic heterocycles. The molecule has 0 aromatic rings. The second-order valence-electron chi connectivity index (χ2n) is 2.11. The first-order chi connectivity index (χ1) is 3.98. The highest BCUT2D eigenvalue weighted by atomic mass is 31.2. The summed E-state index contributed by atoms with van der Waals surface area (Å²) < 4.78 is 15.4. The largest absolute Gasteiger partial charge is 0.328 e. The van der Waals surface area contributed by atoms with Crippen molar-refractivity contribution in [3.8, 4) is 0 Å². The third kappa shape index (κ3) is 4.64. The van der Waals surface area contributed by atoms with Gasteiger partial charge in [-0.1, -0.05) is 6.92 Å². The van der Waals surface area contributed by atoms with E-state index in [2.05, 4.69) is 0 Å². The van der Waals surface area contributed by atoms with E-state index < -0.39 is 7.60 Å². The molecule has 0 bridgehead atoms. The van der Waals surface area contributed by atoms with Crippen LogP contribution in [-0.2, 0) is 9.09 Å². The normalized spacial score (nSPS) is 17.9. The summed E-state index contributed by atoms with van der Waals surface area (Å²) in [6.07, 6.45) is 0.0198. The van der Waals surface area contributed by atoms with Crippen LogP contribution in [0, 0.1) is 0 Å². The minimum atomic E-state index is -3.23. The molecule has 3 nitrogen and oxygen atoms in total. The van der Waals surface area contributed by atoms with Crippen LogP contribution in [0.15, 0.2) is 0 Å². The van der Waals surface area contributed by atoms with Crippen LogP contribution < -0.4 is 0 Å². The third-order valence-corrected chi connectivity index (χ3v) is 2.33. The molecule has 1 atom stereocenters. The molecule has 0 aliphatic rings. The average molecular weight is 152 g/mol. The van der Waals surface area contributed by atoms with Crippen molar-refractivity contribution in [1.29, 1.82) is 0 Å². The molecule has 0 spiro atoms. The second kappa shape index (κ2) is 3.35. The Bertz CT molecular complexity index is 121. The third-order valence-electron chi connectivity index (χ3n) is 0.775. The van der Waals surface area contributed by atoms with Gasteiger partial charge in [0.1, 0.15) is 0 Å². The molecule has 1 N–H and O–H groups in total. The summed E-state index contributed by atoms with van der Waals surface area (Å²) in [7, 11) is -3.23. The molecule has 0 aliphatic carbocycles. The van der Waals surface area contributed by atoms with Gasteiger partial charge < -0.3 is 9.42 Å². The highest BCUT2D eigenvalue weighted by molar-refractivity contribution is 7.52. The van der Waals surface area contributed by atoms with E-state index in [1.54, 1.807) is 20.8 Å². The van der Waals surface area contributed by atoms with E-state index in [1.165, 1.54) is 0 Å². The molecular weight excluding hydrogens is 139 g/mol. The Morgan fingerprint density at radius 2 is 2.11 bits per heavy atom.